The molecular weight excluding hydrogens is 254 g/mol. The van der Waals surface area contributed by atoms with Crippen LogP contribution in [-0.4, -0.2) is 32.2 Å². The molecule has 0 radical (unpaired) electrons. The molecule has 1 N–H and O–H groups in total. The smallest absolute Gasteiger partial charge is 0.242 e. The van der Waals surface area contributed by atoms with Crippen molar-refractivity contribution in [3.8, 4) is 0 Å². The largest absolute Gasteiger partial charge is 0.352 e. The van der Waals surface area contributed by atoms with Crippen LogP contribution in [0.15, 0.2) is 0 Å². The second kappa shape index (κ2) is 5.89. The topological polar surface area (TPSA) is 72.7 Å². The van der Waals surface area contributed by atoms with Gasteiger partial charge in [-0.1, -0.05) is 27.7 Å². The van der Waals surface area contributed by atoms with Crippen molar-refractivity contribution < 1.29 is 4.79 Å². The summed E-state index contributed by atoms with van der Waals surface area (Å²) in [5.41, 5.74) is -0.163. The van der Waals surface area contributed by atoms with E-state index < -0.39 is 0 Å². The number of carbonyl (C=O) groups excluding carboxylic acids is 1. The Labute approximate surface area is 120 Å². The summed E-state index contributed by atoms with van der Waals surface area (Å²) in [6, 6.07) is 0.313. The second-order valence-corrected chi connectivity index (χ2v) is 6.93. The molecule has 6 nitrogen and oxygen atoms in total. The Morgan fingerprint density at radius 3 is 2.55 bits per heavy atom. The van der Waals surface area contributed by atoms with Gasteiger partial charge < -0.3 is 5.32 Å². The van der Waals surface area contributed by atoms with Crippen molar-refractivity contribution in [3.63, 3.8) is 0 Å². The predicted molar refractivity (Wildman–Crippen MR) is 76.1 cm³/mol. The van der Waals surface area contributed by atoms with Gasteiger partial charge in [0.1, 0.15) is 6.54 Å². The molecule has 0 spiro atoms. The minimum absolute atomic E-state index is 0.00218. The van der Waals surface area contributed by atoms with Gasteiger partial charge >= 0.3 is 0 Å². The molecular formula is C14H25N5O. The molecule has 1 amide bonds. The van der Waals surface area contributed by atoms with E-state index in [1.165, 1.54) is 12.8 Å². The zero-order chi connectivity index (χ0) is 14.8. The number of amides is 1. The zero-order valence-electron chi connectivity index (χ0n) is 12.9. The fourth-order valence-corrected chi connectivity index (χ4v) is 2.66. The van der Waals surface area contributed by atoms with E-state index in [0.29, 0.717) is 6.04 Å². The Kier molecular flexibility index (Phi) is 4.40. The highest BCUT2D eigenvalue weighted by atomic mass is 16.2. The van der Waals surface area contributed by atoms with Gasteiger partial charge in [0.15, 0.2) is 5.82 Å². The molecule has 0 aromatic carbocycles. The molecule has 0 saturated heterocycles. The third-order valence-corrected chi connectivity index (χ3v) is 3.88. The van der Waals surface area contributed by atoms with Crippen LogP contribution in [0.4, 0.5) is 0 Å². The van der Waals surface area contributed by atoms with Crippen molar-refractivity contribution in [2.75, 3.05) is 0 Å². The standard InChI is InChI=1S/C14H25N5O/c1-10-5-7-11(8-6-10)15-12(20)9-19-13(14(2,3)4)16-17-18-19/h10-11H,5-9H2,1-4H3,(H,15,20). The fraction of sp³-hybridized carbons (Fsp3) is 0.857. The van der Waals surface area contributed by atoms with E-state index in [1.807, 2.05) is 20.8 Å². The molecule has 1 aromatic rings. The number of hydrogen-bond acceptors (Lipinski definition) is 4. The summed E-state index contributed by atoms with van der Waals surface area (Å²) in [5.74, 6) is 1.53. The van der Waals surface area contributed by atoms with E-state index in [1.54, 1.807) is 4.68 Å². The van der Waals surface area contributed by atoms with Gasteiger partial charge in [-0.05, 0) is 42.0 Å². The molecule has 1 aromatic heterocycles. The predicted octanol–water partition coefficient (Wildman–Crippen LogP) is 1.67. The molecule has 0 atom stereocenters. The molecule has 112 valence electrons. The van der Waals surface area contributed by atoms with Crippen molar-refractivity contribution in [3.05, 3.63) is 5.82 Å². The Morgan fingerprint density at radius 2 is 1.95 bits per heavy atom. The van der Waals surface area contributed by atoms with Gasteiger partial charge in [0.25, 0.3) is 0 Å². The highest BCUT2D eigenvalue weighted by molar-refractivity contribution is 5.76. The average Bonchev–Trinajstić information content (AvgIpc) is 2.80. The first-order valence-electron chi connectivity index (χ1n) is 7.42. The van der Waals surface area contributed by atoms with Gasteiger partial charge in [-0.25, -0.2) is 4.68 Å². The van der Waals surface area contributed by atoms with Crippen molar-refractivity contribution in [2.24, 2.45) is 5.92 Å². The van der Waals surface area contributed by atoms with Crippen LogP contribution in [0.2, 0.25) is 0 Å². The number of rotatable bonds is 3. The molecule has 1 aliphatic rings. The minimum Gasteiger partial charge on any atom is -0.352 e. The monoisotopic (exact) mass is 279 g/mol. The lowest BCUT2D eigenvalue weighted by molar-refractivity contribution is -0.122. The van der Waals surface area contributed by atoms with E-state index in [9.17, 15) is 4.79 Å². The third kappa shape index (κ3) is 3.77. The quantitative estimate of drug-likeness (QED) is 0.913. The zero-order valence-corrected chi connectivity index (χ0v) is 12.9. The SMILES string of the molecule is CC1CCC(NC(=O)Cn2nnnc2C(C)(C)C)CC1. The van der Waals surface area contributed by atoms with Crippen molar-refractivity contribution in [2.45, 2.75) is 71.4 Å². The molecule has 1 aliphatic carbocycles. The van der Waals surface area contributed by atoms with Gasteiger partial charge in [-0.2, -0.15) is 0 Å². The number of carbonyl (C=O) groups is 1. The summed E-state index contributed by atoms with van der Waals surface area (Å²) < 4.78 is 1.60. The van der Waals surface area contributed by atoms with Crippen LogP contribution in [0, 0.1) is 5.92 Å². The number of tetrazole rings is 1. The first-order valence-corrected chi connectivity index (χ1v) is 7.42. The number of nitrogens with zero attached hydrogens (tertiary/aromatic N) is 4. The van der Waals surface area contributed by atoms with Crippen LogP contribution < -0.4 is 5.32 Å². The molecule has 0 unspecified atom stereocenters. The Bertz CT molecular complexity index is 454. The van der Waals surface area contributed by atoms with Gasteiger partial charge in [0, 0.05) is 11.5 Å². The van der Waals surface area contributed by atoms with Gasteiger partial charge in [-0.3, -0.25) is 4.79 Å². The molecule has 1 fully saturated rings. The maximum atomic E-state index is 12.1. The maximum Gasteiger partial charge on any atom is 0.242 e. The van der Waals surface area contributed by atoms with E-state index >= 15 is 0 Å². The van der Waals surface area contributed by atoms with Gasteiger partial charge in [0.05, 0.1) is 0 Å². The van der Waals surface area contributed by atoms with Crippen molar-refractivity contribution in [1.82, 2.24) is 25.5 Å². The summed E-state index contributed by atoms with van der Waals surface area (Å²) in [7, 11) is 0. The van der Waals surface area contributed by atoms with E-state index in [2.05, 4.69) is 27.8 Å². The lowest BCUT2D eigenvalue weighted by atomic mass is 9.87. The summed E-state index contributed by atoms with van der Waals surface area (Å²) >= 11 is 0. The Balaban J connectivity index is 1.90. The lowest BCUT2D eigenvalue weighted by Crippen LogP contribution is -2.39. The molecule has 20 heavy (non-hydrogen) atoms. The Morgan fingerprint density at radius 1 is 1.30 bits per heavy atom. The van der Waals surface area contributed by atoms with E-state index in [4.69, 9.17) is 0 Å². The summed E-state index contributed by atoms with van der Waals surface area (Å²) in [4.78, 5) is 12.1. The van der Waals surface area contributed by atoms with E-state index in [0.717, 1.165) is 24.6 Å². The molecule has 0 bridgehead atoms. The third-order valence-electron chi connectivity index (χ3n) is 3.88. The number of hydrogen-bond donors (Lipinski definition) is 1. The second-order valence-electron chi connectivity index (χ2n) is 6.93. The Hall–Kier alpha value is -1.46. The summed E-state index contributed by atoms with van der Waals surface area (Å²) in [6.45, 7) is 8.58. The number of nitrogens with one attached hydrogen (secondary N) is 1. The normalized spacial score (nSPS) is 23.6. The van der Waals surface area contributed by atoms with Crippen molar-refractivity contribution in [1.29, 1.82) is 0 Å². The van der Waals surface area contributed by atoms with Crippen molar-refractivity contribution >= 4 is 5.91 Å². The number of aromatic nitrogens is 4. The fourth-order valence-electron chi connectivity index (χ4n) is 2.66. The van der Waals surface area contributed by atoms with Crippen LogP contribution in [-0.2, 0) is 16.8 Å². The van der Waals surface area contributed by atoms with Crippen LogP contribution in [0.1, 0.15) is 59.2 Å². The summed E-state index contributed by atoms with van der Waals surface area (Å²) in [5, 5.41) is 14.7. The van der Waals surface area contributed by atoms with E-state index in [-0.39, 0.29) is 17.9 Å². The van der Waals surface area contributed by atoms with Crippen LogP contribution in [0.3, 0.4) is 0 Å². The van der Waals surface area contributed by atoms with Crippen LogP contribution in [0.5, 0.6) is 0 Å². The lowest BCUT2D eigenvalue weighted by Gasteiger charge is -2.27. The minimum atomic E-state index is -0.163. The molecule has 0 aliphatic heterocycles. The first kappa shape index (κ1) is 14.9. The van der Waals surface area contributed by atoms with Crippen LogP contribution >= 0.6 is 0 Å². The highest BCUT2D eigenvalue weighted by Crippen LogP contribution is 2.23. The molecule has 2 rings (SSSR count). The van der Waals surface area contributed by atoms with Crippen LogP contribution in [0.25, 0.3) is 0 Å². The molecule has 6 heteroatoms. The average molecular weight is 279 g/mol. The molecule has 1 saturated carbocycles. The first-order chi connectivity index (χ1) is 9.36. The maximum absolute atomic E-state index is 12.1. The molecule has 1 heterocycles. The summed E-state index contributed by atoms with van der Waals surface area (Å²) in [6.07, 6.45) is 4.55. The van der Waals surface area contributed by atoms with Gasteiger partial charge in [0.2, 0.25) is 5.91 Å². The van der Waals surface area contributed by atoms with Gasteiger partial charge in [-0.15, -0.1) is 5.10 Å². The highest BCUT2D eigenvalue weighted by Gasteiger charge is 2.24.